The van der Waals surface area contributed by atoms with Crippen LogP contribution in [0.2, 0.25) is 0 Å². The predicted molar refractivity (Wildman–Crippen MR) is 111 cm³/mol. The van der Waals surface area contributed by atoms with Gasteiger partial charge in [0.25, 0.3) is 5.89 Å². The highest BCUT2D eigenvalue weighted by Gasteiger charge is 2.34. The van der Waals surface area contributed by atoms with Crippen molar-refractivity contribution in [2.75, 3.05) is 18.1 Å². The van der Waals surface area contributed by atoms with Crippen molar-refractivity contribution in [3.05, 3.63) is 59.9 Å². The maximum absolute atomic E-state index is 12.6. The minimum Gasteiger partial charge on any atom is -0.493 e. The maximum Gasteiger partial charge on any atom is 0.261 e. The van der Waals surface area contributed by atoms with Crippen molar-refractivity contribution in [2.45, 2.75) is 39.0 Å². The summed E-state index contributed by atoms with van der Waals surface area (Å²) in [6.07, 6.45) is 0.373. The largest absolute Gasteiger partial charge is 0.493 e. The molecule has 6 heteroatoms. The van der Waals surface area contributed by atoms with E-state index in [1.165, 1.54) is 5.56 Å². The standard InChI is InChI=1S/C23H25N3O3/c1-4-28-20-8-6-5-7-19(20)23-24-22(25-29-23)17-13-21(27)26(14-17)18-11-9-16(10-12-18)15(2)3/h5-12,15,17H,4,13-14H2,1-3H3. The van der Waals surface area contributed by atoms with Gasteiger partial charge in [-0.25, -0.2) is 0 Å². The fraction of sp³-hybridized carbons (Fsp3) is 0.348. The Kier molecular flexibility index (Phi) is 5.34. The summed E-state index contributed by atoms with van der Waals surface area (Å²) >= 11 is 0. The van der Waals surface area contributed by atoms with E-state index in [2.05, 4.69) is 36.1 Å². The lowest BCUT2D eigenvalue weighted by Crippen LogP contribution is -2.24. The van der Waals surface area contributed by atoms with Gasteiger partial charge in [0.1, 0.15) is 5.75 Å². The van der Waals surface area contributed by atoms with Gasteiger partial charge >= 0.3 is 0 Å². The maximum atomic E-state index is 12.6. The zero-order valence-electron chi connectivity index (χ0n) is 17.0. The van der Waals surface area contributed by atoms with E-state index in [1.807, 2.05) is 43.3 Å². The SMILES string of the molecule is CCOc1ccccc1-c1nc(C2CC(=O)N(c3ccc(C(C)C)cc3)C2)no1. The van der Waals surface area contributed by atoms with Gasteiger partial charge in [0, 0.05) is 24.6 Å². The average Bonchev–Trinajstić information content (AvgIpc) is 3.36. The average molecular weight is 391 g/mol. The third-order valence-corrected chi connectivity index (χ3v) is 5.22. The first-order valence-electron chi connectivity index (χ1n) is 10.0. The third kappa shape index (κ3) is 3.88. The number of para-hydroxylation sites is 1. The van der Waals surface area contributed by atoms with Crippen molar-refractivity contribution < 1.29 is 14.1 Å². The third-order valence-electron chi connectivity index (χ3n) is 5.22. The molecule has 0 aliphatic carbocycles. The number of benzene rings is 2. The fourth-order valence-electron chi connectivity index (χ4n) is 3.60. The van der Waals surface area contributed by atoms with Gasteiger partial charge in [0.15, 0.2) is 5.82 Å². The molecular formula is C23H25N3O3. The number of carbonyl (C=O) groups is 1. The molecule has 2 heterocycles. The molecule has 1 saturated heterocycles. The molecule has 0 bridgehead atoms. The van der Waals surface area contributed by atoms with Gasteiger partial charge in [-0.2, -0.15) is 4.98 Å². The number of carbonyl (C=O) groups excluding carboxylic acids is 1. The molecule has 29 heavy (non-hydrogen) atoms. The molecule has 0 saturated carbocycles. The van der Waals surface area contributed by atoms with Crippen LogP contribution in [0.5, 0.6) is 5.75 Å². The summed E-state index contributed by atoms with van der Waals surface area (Å²) in [7, 11) is 0. The first-order valence-corrected chi connectivity index (χ1v) is 10.0. The first kappa shape index (κ1) is 19.2. The Balaban J connectivity index is 1.53. The second-order valence-corrected chi connectivity index (χ2v) is 7.54. The second-order valence-electron chi connectivity index (χ2n) is 7.54. The Morgan fingerprint density at radius 2 is 1.93 bits per heavy atom. The minimum absolute atomic E-state index is 0.0772. The monoisotopic (exact) mass is 391 g/mol. The molecule has 1 unspecified atom stereocenters. The normalized spacial score (nSPS) is 16.6. The van der Waals surface area contributed by atoms with Crippen LogP contribution in [0.1, 0.15) is 50.4 Å². The summed E-state index contributed by atoms with van der Waals surface area (Å²) in [5.41, 5.74) is 2.93. The number of ether oxygens (including phenoxy) is 1. The molecule has 0 radical (unpaired) electrons. The van der Waals surface area contributed by atoms with Crippen LogP contribution in [0.3, 0.4) is 0 Å². The number of amides is 1. The summed E-state index contributed by atoms with van der Waals surface area (Å²) < 4.78 is 11.2. The van der Waals surface area contributed by atoms with E-state index in [9.17, 15) is 4.79 Å². The molecule has 6 nitrogen and oxygen atoms in total. The molecule has 2 aromatic carbocycles. The number of anilines is 1. The molecule has 4 rings (SSSR count). The van der Waals surface area contributed by atoms with Crippen LogP contribution in [-0.2, 0) is 4.79 Å². The van der Waals surface area contributed by atoms with Crippen LogP contribution >= 0.6 is 0 Å². The summed E-state index contributed by atoms with van der Waals surface area (Å²) in [6.45, 7) is 7.35. The highest BCUT2D eigenvalue weighted by atomic mass is 16.5. The van der Waals surface area contributed by atoms with Gasteiger partial charge in [-0.15, -0.1) is 0 Å². The van der Waals surface area contributed by atoms with Crippen molar-refractivity contribution in [3.8, 4) is 17.2 Å². The topological polar surface area (TPSA) is 68.5 Å². The smallest absolute Gasteiger partial charge is 0.261 e. The fourth-order valence-corrected chi connectivity index (χ4v) is 3.60. The molecule has 0 spiro atoms. The zero-order chi connectivity index (χ0) is 20.4. The number of hydrogen-bond donors (Lipinski definition) is 0. The Bertz CT molecular complexity index is 995. The van der Waals surface area contributed by atoms with Gasteiger partial charge in [0.05, 0.1) is 12.2 Å². The summed E-state index contributed by atoms with van der Waals surface area (Å²) in [5.74, 6) is 2.12. The lowest BCUT2D eigenvalue weighted by atomic mass is 10.0. The molecule has 1 aromatic heterocycles. The van der Waals surface area contributed by atoms with Crippen molar-refractivity contribution >= 4 is 11.6 Å². The molecule has 1 amide bonds. The molecule has 1 atom stereocenters. The highest BCUT2D eigenvalue weighted by molar-refractivity contribution is 5.96. The van der Waals surface area contributed by atoms with Crippen LogP contribution in [0, 0.1) is 0 Å². The number of aromatic nitrogens is 2. The first-order chi connectivity index (χ1) is 14.1. The highest BCUT2D eigenvalue weighted by Crippen LogP contribution is 2.34. The van der Waals surface area contributed by atoms with Gasteiger partial charge in [-0.1, -0.05) is 43.3 Å². The minimum atomic E-state index is -0.0935. The molecular weight excluding hydrogens is 366 g/mol. The number of nitrogens with zero attached hydrogens (tertiary/aromatic N) is 3. The molecule has 1 aliphatic heterocycles. The van der Waals surface area contributed by atoms with Crippen LogP contribution in [0.15, 0.2) is 53.1 Å². The van der Waals surface area contributed by atoms with Gasteiger partial charge < -0.3 is 14.2 Å². The van der Waals surface area contributed by atoms with E-state index in [4.69, 9.17) is 9.26 Å². The lowest BCUT2D eigenvalue weighted by molar-refractivity contribution is -0.117. The van der Waals surface area contributed by atoms with E-state index in [0.29, 0.717) is 43.0 Å². The predicted octanol–water partition coefficient (Wildman–Crippen LogP) is 4.78. The molecule has 1 fully saturated rings. The Labute approximate surface area is 170 Å². The number of hydrogen-bond acceptors (Lipinski definition) is 5. The number of rotatable bonds is 6. The molecule has 150 valence electrons. The quantitative estimate of drug-likeness (QED) is 0.605. The molecule has 1 aliphatic rings. The van der Waals surface area contributed by atoms with Crippen LogP contribution < -0.4 is 9.64 Å². The van der Waals surface area contributed by atoms with Crippen LogP contribution in [0.4, 0.5) is 5.69 Å². The Morgan fingerprint density at radius 3 is 2.66 bits per heavy atom. The van der Waals surface area contributed by atoms with Crippen molar-refractivity contribution in [2.24, 2.45) is 0 Å². The Morgan fingerprint density at radius 1 is 1.17 bits per heavy atom. The lowest BCUT2D eigenvalue weighted by Gasteiger charge is -2.17. The van der Waals surface area contributed by atoms with E-state index in [-0.39, 0.29) is 11.8 Å². The van der Waals surface area contributed by atoms with Gasteiger partial charge in [-0.05, 0) is 42.7 Å². The van der Waals surface area contributed by atoms with Crippen molar-refractivity contribution in [1.29, 1.82) is 0 Å². The second kappa shape index (κ2) is 8.07. The van der Waals surface area contributed by atoms with Gasteiger partial charge in [-0.3, -0.25) is 4.79 Å². The van der Waals surface area contributed by atoms with E-state index >= 15 is 0 Å². The van der Waals surface area contributed by atoms with Crippen molar-refractivity contribution in [3.63, 3.8) is 0 Å². The zero-order valence-corrected chi connectivity index (χ0v) is 17.0. The summed E-state index contributed by atoms with van der Waals surface area (Å²) in [6, 6.07) is 15.8. The Hall–Kier alpha value is -3.15. The van der Waals surface area contributed by atoms with E-state index < -0.39 is 0 Å². The van der Waals surface area contributed by atoms with E-state index in [1.54, 1.807) is 4.90 Å². The van der Waals surface area contributed by atoms with E-state index in [0.717, 1.165) is 11.3 Å². The van der Waals surface area contributed by atoms with Crippen molar-refractivity contribution in [1.82, 2.24) is 10.1 Å². The summed E-state index contributed by atoms with van der Waals surface area (Å²) in [4.78, 5) is 19.0. The summed E-state index contributed by atoms with van der Waals surface area (Å²) in [5, 5.41) is 4.16. The van der Waals surface area contributed by atoms with Gasteiger partial charge in [0.2, 0.25) is 5.91 Å². The molecule has 0 N–H and O–H groups in total. The molecule has 3 aromatic rings. The van der Waals surface area contributed by atoms with Crippen LogP contribution in [-0.4, -0.2) is 29.2 Å². The van der Waals surface area contributed by atoms with Crippen LogP contribution in [0.25, 0.3) is 11.5 Å².